The predicted octanol–water partition coefficient (Wildman–Crippen LogP) is 3.59. The number of rotatable bonds is 4. The van der Waals surface area contributed by atoms with Gasteiger partial charge in [-0.1, -0.05) is 12.1 Å². The van der Waals surface area contributed by atoms with E-state index in [1.807, 2.05) is 18.2 Å². The summed E-state index contributed by atoms with van der Waals surface area (Å²) in [6, 6.07) is 10.1. The highest BCUT2D eigenvalue weighted by Crippen LogP contribution is 2.31. The molecule has 1 heterocycles. The van der Waals surface area contributed by atoms with Crippen LogP contribution in [0.5, 0.6) is 11.6 Å². The average molecular weight is 324 g/mol. The second-order valence-electron chi connectivity index (χ2n) is 3.56. The predicted molar refractivity (Wildman–Crippen MR) is 74.7 cm³/mol. The number of nitrogens with zero attached hydrogens (tertiary/aromatic N) is 2. The van der Waals surface area contributed by atoms with Gasteiger partial charge in [-0.2, -0.15) is 4.98 Å². The Bertz CT molecular complexity index is 619. The minimum Gasteiger partial charge on any atom is -0.438 e. The highest BCUT2D eigenvalue weighted by Gasteiger charge is 2.15. The Morgan fingerprint density at radius 3 is 2.68 bits per heavy atom. The molecule has 0 fully saturated rings. The summed E-state index contributed by atoms with van der Waals surface area (Å²) in [5.41, 5.74) is -0.0954. The topological polar surface area (TPSA) is 77.3 Å². The third-order valence-electron chi connectivity index (χ3n) is 2.33. The second kappa shape index (κ2) is 5.66. The van der Waals surface area contributed by atoms with E-state index in [4.69, 9.17) is 4.74 Å². The first-order valence-electron chi connectivity index (χ1n) is 5.37. The average Bonchev–Trinajstić information content (AvgIpc) is 2.41. The molecule has 2 aromatic rings. The van der Waals surface area contributed by atoms with Crippen molar-refractivity contribution in [2.24, 2.45) is 0 Å². The van der Waals surface area contributed by atoms with Crippen molar-refractivity contribution in [1.82, 2.24) is 4.98 Å². The van der Waals surface area contributed by atoms with Gasteiger partial charge >= 0.3 is 5.69 Å². The molecular weight excluding hydrogens is 314 g/mol. The highest BCUT2D eigenvalue weighted by atomic mass is 79.9. The third kappa shape index (κ3) is 3.00. The number of ether oxygens (including phenoxy) is 1. The van der Waals surface area contributed by atoms with Gasteiger partial charge in [-0.15, -0.1) is 0 Å². The summed E-state index contributed by atoms with van der Waals surface area (Å²) in [7, 11) is 1.57. The molecule has 6 nitrogen and oxygen atoms in total. The minimum atomic E-state index is -0.499. The molecule has 0 unspecified atom stereocenters. The van der Waals surface area contributed by atoms with E-state index in [0.29, 0.717) is 5.75 Å². The zero-order chi connectivity index (χ0) is 13.8. The van der Waals surface area contributed by atoms with Gasteiger partial charge in [0.05, 0.1) is 9.40 Å². The molecule has 1 aromatic heterocycles. The van der Waals surface area contributed by atoms with Gasteiger partial charge < -0.3 is 10.1 Å². The van der Waals surface area contributed by atoms with Crippen molar-refractivity contribution in [1.29, 1.82) is 0 Å². The van der Waals surface area contributed by atoms with E-state index in [2.05, 4.69) is 26.2 Å². The Morgan fingerprint density at radius 1 is 1.32 bits per heavy atom. The van der Waals surface area contributed by atoms with Crippen LogP contribution in [0, 0.1) is 10.1 Å². The van der Waals surface area contributed by atoms with Crippen molar-refractivity contribution in [2.45, 2.75) is 0 Å². The smallest absolute Gasteiger partial charge is 0.311 e. The summed E-state index contributed by atoms with van der Waals surface area (Å²) in [5, 5.41) is 13.5. The number of para-hydroxylation sites is 1. The minimum absolute atomic E-state index is 0.0954. The van der Waals surface area contributed by atoms with Gasteiger partial charge in [0, 0.05) is 19.2 Å². The van der Waals surface area contributed by atoms with Gasteiger partial charge in [-0.25, -0.2) is 0 Å². The van der Waals surface area contributed by atoms with Gasteiger partial charge in [-0.05, 0) is 28.1 Å². The lowest BCUT2D eigenvalue weighted by Crippen LogP contribution is -2.00. The van der Waals surface area contributed by atoms with Gasteiger partial charge in [0.2, 0.25) is 11.7 Å². The molecule has 0 amide bonds. The standard InChI is InChI=1S/C12H10BrN3O3/c1-14-12-9(16(17)18)6-7-11(15-12)19-10-5-3-2-4-8(10)13/h2-7H,1H3,(H,14,15). The van der Waals surface area contributed by atoms with Crippen LogP contribution in [0.15, 0.2) is 40.9 Å². The van der Waals surface area contributed by atoms with E-state index >= 15 is 0 Å². The van der Waals surface area contributed by atoms with Gasteiger partial charge in [0.15, 0.2) is 0 Å². The van der Waals surface area contributed by atoms with Gasteiger partial charge in [0.25, 0.3) is 0 Å². The highest BCUT2D eigenvalue weighted by molar-refractivity contribution is 9.10. The van der Waals surface area contributed by atoms with E-state index in [-0.39, 0.29) is 17.4 Å². The number of benzene rings is 1. The quantitative estimate of drug-likeness (QED) is 0.687. The molecule has 2 rings (SSSR count). The molecule has 0 saturated heterocycles. The lowest BCUT2D eigenvalue weighted by Gasteiger charge is -2.08. The molecule has 1 N–H and O–H groups in total. The first kappa shape index (κ1) is 13.3. The summed E-state index contributed by atoms with van der Waals surface area (Å²) in [5.74, 6) is 1.03. The molecular formula is C12H10BrN3O3. The molecule has 0 spiro atoms. The van der Waals surface area contributed by atoms with Crippen LogP contribution < -0.4 is 10.1 Å². The Morgan fingerprint density at radius 2 is 2.05 bits per heavy atom. The molecule has 0 aliphatic rings. The lowest BCUT2D eigenvalue weighted by atomic mass is 10.3. The summed E-state index contributed by atoms with van der Waals surface area (Å²) >= 11 is 3.35. The number of nitrogens with one attached hydrogen (secondary N) is 1. The van der Waals surface area contributed by atoms with Crippen LogP contribution in [-0.4, -0.2) is 17.0 Å². The molecule has 1 aromatic carbocycles. The van der Waals surface area contributed by atoms with Crippen LogP contribution in [0.2, 0.25) is 0 Å². The fourth-order valence-electron chi connectivity index (χ4n) is 1.46. The molecule has 0 atom stereocenters. The molecule has 0 saturated carbocycles. The SMILES string of the molecule is CNc1nc(Oc2ccccc2Br)ccc1[N+](=O)[O-]. The van der Waals surface area contributed by atoms with Crippen molar-refractivity contribution in [3.05, 3.63) is 51.0 Å². The number of hydrogen-bond donors (Lipinski definition) is 1. The summed E-state index contributed by atoms with van der Waals surface area (Å²) in [6.07, 6.45) is 0. The van der Waals surface area contributed by atoms with E-state index in [0.717, 1.165) is 4.47 Å². The van der Waals surface area contributed by atoms with Gasteiger partial charge in [-0.3, -0.25) is 10.1 Å². The number of anilines is 1. The van der Waals surface area contributed by atoms with Crippen LogP contribution in [-0.2, 0) is 0 Å². The number of pyridine rings is 1. The molecule has 98 valence electrons. The summed E-state index contributed by atoms with van der Waals surface area (Å²) in [6.45, 7) is 0. The van der Waals surface area contributed by atoms with Crippen molar-refractivity contribution in [2.75, 3.05) is 12.4 Å². The normalized spacial score (nSPS) is 10.0. The summed E-state index contributed by atoms with van der Waals surface area (Å²) in [4.78, 5) is 14.3. The molecule has 19 heavy (non-hydrogen) atoms. The molecule has 7 heteroatoms. The van der Waals surface area contributed by atoms with E-state index < -0.39 is 4.92 Å². The van der Waals surface area contributed by atoms with E-state index in [9.17, 15) is 10.1 Å². The van der Waals surface area contributed by atoms with Crippen LogP contribution in [0.1, 0.15) is 0 Å². The van der Waals surface area contributed by atoms with Gasteiger partial charge in [0.1, 0.15) is 5.75 Å². The van der Waals surface area contributed by atoms with E-state index in [1.165, 1.54) is 12.1 Å². The number of nitro groups is 1. The molecule has 0 aliphatic heterocycles. The maximum absolute atomic E-state index is 10.8. The fraction of sp³-hybridized carbons (Fsp3) is 0.0833. The molecule has 0 aliphatic carbocycles. The van der Waals surface area contributed by atoms with Crippen molar-refractivity contribution in [3.63, 3.8) is 0 Å². The zero-order valence-corrected chi connectivity index (χ0v) is 11.5. The van der Waals surface area contributed by atoms with Crippen molar-refractivity contribution in [3.8, 4) is 11.6 Å². The lowest BCUT2D eigenvalue weighted by molar-refractivity contribution is -0.384. The number of aromatic nitrogens is 1. The Balaban J connectivity index is 2.32. The van der Waals surface area contributed by atoms with Crippen molar-refractivity contribution < 1.29 is 9.66 Å². The Hall–Kier alpha value is -2.15. The maximum Gasteiger partial charge on any atom is 0.311 e. The monoisotopic (exact) mass is 323 g/mol. The van der Waals surface area contributed by atoms with Crippen molar-refractivity contribution >= 4 is 27.4 Å². The Kier molecular flexibility index (Phi) is 3.96. The first-order chi connectivity index (χ1) is 9.11. The molecule has 0 radical (unpaired) electrons. The number of hydrogen-bond acceptors (Lipinski definition) is 5. The van der Waals surface area contributed by atoms with Crippen LogP contribution in [0.25, 0.3) is 0 Å². The maximum atomic E-state index is 10.8. The zero-order valence-electron chi connectivity index (χ0n) is 9.96. The van der Waals surface area contributed by atoms with Crippen LogP contribution >= 0.6 is 15.9 Å². The van der Waals surface area contributed by atoms with E-state index in [1.54, 1.807) is 13.1 Å². The molecule has 0 bridgehead atoms. The second-order valence-corrected chi connectivity index (χ2v) is 4.41. The number of halogens is 1. The summed E-state index contributed by atoms with van der Waals surface area (Å²) < 4.78 is 6.34. The first-order valence-corrected chi connectivity index (χ1v) is 6.16. The van der Waals surface area contributed by atoms with Crippen LogP contribution in [0.3, 0.4) is 0 Å². The largest absolute Gasteiger partial charge is 0.438 e. The third-order valence-corrected chi connectivity index (χ3v) is 2.99. The van der Waals surface area contributed by atoms with Crippen LogP contribution in [0.4, 0.5) is 11.5 Å². The Labute approximate surface area is 117 Å². The fourth-order valence-corrected chi connectivity index (χ4v) is 1.83.